The van der Waals surface area contributed by atoms with Gasteiger partial charge in [0.2, 0.25) is 17.9 Å². The van der Waals surface area contributed by atoms with E-state index < -0.39 is 36.0 Å². The van der Waals surface area contributed by atoms with Crippen LogP contribution in [0.25, 0.3) is 0 Å². The zero-order valence-electron chi connectivity index (χ0n) is 25.5. The zero-order chi connectivity index (χ0) is 32.6. The summed E-state index contributed by atoms with van der Waals surface area (Å²) in [4.78, 5) is 53.4. The second-order valence-electron chi connectivity index (χ2n) is 11.2. The van der Waals surface area contributed by atoms with Gasteiger partial charge >= 0.3 is 5.97 Å². The summed E-state index contributed by atoms with van der Waals surface area (Å²) in [6, 6.07) is 25.7. The second-order valence-corrected chi connectivity index (χ2v) is 11.2. The number of methoxy groups -OCH3 is 1. The van der Waals surface area contributed by atoms with Crippen molar-refractivity contribution in [2.45, 2.75) is 44.4 Å². The molecule has 0 unspecified atom stereocenters. The standard InChI is InChI=1S/C36H35N3O7/c1-22-8-10-24(11-9-22)19-31(41)37-30(18-23-6-4-3-5-7-23)35(43)39-33-28-21-26(40)14-17-29(28)38-36(44)34(33)46-32(42)20-25-12-15-27(45-2)16-13-25/h3-17,21,30,33-34,40H,18-20H2,1-2H3,(H,37,41)(H,38,44)(H,39,43)/t30-,33-,34+/m0/s1. The summed E-state index contributed by atoms with van der Waals surface area (Å²) >= 11 is 0. The Hall–Kier alpha value is -5.64. The van der Waals surface area contributed by atoms with E-state index in [0.29, 0.717) is 22.6 Å². The van der Waals surface area contributed by atoms with Crippen LogP contribution >= 0.6 is 0 Å². The average molecular weight is 622 g/mol. The average Bonchev–Trinajstić information content (AvgIpc) is 3.04. The van der Waals surface area contributed by atoms with E-state index in [4.69, 9.17) is 9.47 Å². The van der Waals surface area contributed by atoms with E-state index in [1.807, 2.05) is 61.5 Å². The molecule has 46 heavy (non-hydrogen) atoms. The highest BCUT2D eigenvalue weighted by atomic mass is 16.5. The maximum atomic E-state index is 14.0. The van der Waals surface area contributed by atoms with Gasteiger partial charge in [0.25, 0.3) is 5.91 Å². The van der Waals surface area contributed by atoms with E-state index >= 15 is 0 Å². The third-order valence-electron chi connectivity index (χ3n) is 7.67. The highest BCUT2D eigenvalue weighted by Crippen LogP contribution is 2.35. The topological polar surface area (TPSA) is 143 Å². The fourth-order valence-corrected chi connectivity index (χ4v) is 5.26. The highest BCUT2D eigenvalue weighted by molar-refractivity contribution is 6.00. The molecule has 0 aromatic heterocycles. The van der Waals surface area contributed by atoms with Gasteiger partial charge in [-0.05, 0) is 53.9 Å². The van der Waals surface area contributed by atoms with Gasteiger partial charge in [-0.3, -0.25) is 19.2 Å². The van der Waals surface area contributed by atoms with E-state index in [2.05, 4.69) is 16.0 Å². The third kappa shape index (κ3) is 8.09. The minimum absolute atomic E-state index is 0.0625. The number of esters is 1. The van der Waals surface area contributed by atoms with Crippen molar-refractivity contribution in [1.82, 2.24) is 10.6 Å². The molecule has 0 saturated heterocycles. The summed E-state index contributed by atoms with van der Waals surface area (Å²) in [6.07, 6.45) is -1.36. The van der Waals surface area contributed by atoms with E-state index in [1.165, 1.54) is 25.3 Å². The third-order valence-corrected chi connectivity index (χ3v) is 7.67. The van der Waals surface area contributed by atoms with Gasteiger partial charge in [-0.2, -0.15) is 0 Å². The molecule has 0 fully saturated rings. The zero-order valence-corrected chi connectivity index (χ0v) is 25.5. The Bertz CT molecular complexity index is 1710. The van der Waals surface area contributed by atoms with Gasteiger partial charge in [-0.1, -0.05) is 72.3 Å². The van der Waals surface area contributed by atoms with Gasteiger partial charge in [0.05, 0.1) is 20.0 Å². The Morgan fingerprint density at radius 3 is 2.24 bits per heavy atom. The molecule has 0 radical (unpaired) electrons. The first kappa shape index (κ1) is 31.8. The van der Waals surface area contributed by atoms with E-state index in [-0.39, 0.29) is 30.9 Å². The largest absolute Gasteiger partial charge is 0.508 e. The van der Waals surface area contributed by atoms with Gasteiger partial charge in [0, 0.05) is 17.7 Å². The Balaban J connectivity index is 1.39. The molecule has 0 saturated carbocycles. The van der Waals surface area contributed by atoms with Crippen LogP contribution in [-0.4, -0.2) is 48.1 Å². The molecule has 3 atom stereocenters. The number of ether oxygens (including phenoxy) is 2. The van der Waals surface area contributed by atoms with Gasteiger partial charge in [0.1, 0.15) is 23.6 Å². The number of carbonyl (C=O) groups is 4. The van der Waals surface area contributed by atoms with Crippen LogP contribution in [0, 0.1) is 6.92 Å². The molecule has 10 nitrogen and oxygen atoms in total. The van der Waals surface area contributed by atoms with Crippen LogP contribution in [0.2, 0.25) is 0 Å². The lowest BCUT2D eigenvalue weighted by Gasteiger charge is -2.34. The Kier molecular flexibility index (Phi) is 9.97. The van der Waals surface area contributed by atoms with E-state index in [1.54, 1.807) is 24.3 Å². The summed E-state index contributed by atoms with van der Waals surface area (Å²) < 4.78 is 10.8. The van der Waals surface area contributed by atoms with Crippen molar-refractivity contribution < 1.29 is 33.8 Å². The Morgan fingerprint density at radius 2 is 1.54 bits per heavy atom. The Labute approximate surface area is 266 Å². The number of anilines is 1. The number of aryl methyl sites for hydroxylation is 1. The second kappa shape index (κ2) is 14.4. The molecule has 10 heteroatoms. The molecule has 5 rings (SSSR count). The molecule has 4 aromatic carbocycles. The quantitative estimate of drug-likeness (QED) is 0.147. The summed E-state index contributed by atoms with van der Waals surface area (Å²) in [6.45, 7) is 1.96. The number of aromatic hydroxyl groups is 1. The fourth-order valence-electron chi connectivity index (χ4n) is 5.26. The minimum atomic E-state index is -1.45. The number of benzene rings is 4. The van der Waals surface area contributed by atoms with Crippen molar-refractivity contribution in [2.75, 3.05) is 12.4 Å². The predicted molar refractivity (Wildman–Crippen MR) is 171 cm³/mol. The van der Waals surface area contributed by atoms with Crippen LogP contribution in [0.4, 0.5) is 5.69 Å². The number of phenols is 1. The van der Waals surface area contributed by atoms with Crippen LogP contribution in [0.1, 0.15) is 33.9 Å². The molecule has 1 heterocycles. The number of hydrogen-bond acceptors (Lipinski definition) is 7. The smallest absolute Gasteiger partial charge is 0.311 e. The van der Waals surface area contributed by atoms with Crippen LogP contribution in [0.3, 0.4) is 0 Å². The van der Waals surface area contributed by atoms with Crippen molar-refractivity contribution in [2.24, 2.45) is 0 Å². The molecule has 1 aliphatic heterocycles. The molecule has 4 aromatic rings. The first-order chi connectivity index (χ1) is 22.2. The van der Waals surface area contributed by atoms with E-state index in [9.17, 15) is 24.3 Å². The lowest BCUT2D eigenvalue weighted by molar-refractivity contribution is -0.156. The van der Waals surface area contributed by atoms with E-state index in [0.717, 1.165) is 16.7 Å². The summed E-state index contributed by atoms with van der Waals surface area (Å²) in [5.41, 5.74) is 3.99. The summed E-state index contributed by atoms with van der Waals surface area (Å²) in [5, 5.41) is 18.7. The molecule has 4 N–H and O–H groups in total. The summed E-state index contributed by atoms with van der Waals surface area (Å²) in [7, 11) is 1.54. The van der Waals surface area contributed by atoms with Gasteiger partial charge < -0.3 is 30.5 Å². The molecule has 0 bridgehead atoms. The molecular formula is C36H35N3O7. The fraction of sp³-hybridized carbons (Fsp3) is 0.222. The maximum Gasteiger partial charge on any atom is 0.311 e. The van der Waals surface area contributed by atoms with Gasteiger partial charge in [-0.25, -0.2) is 0 Å². The van der Waals surface area contributed by atoms with Crippen molar-refractivity contribution in [3.05, 3.63) is 125 Å². The van der Waals surface area contributed by atoms with Crippen LogP contribution in [0.5, 0.6) is 11.5 Å². The van der Waals surface area contributed by atoms with Crippen molar-refractivity contribution in [3.8, 4) is 11.5 Å². The number of hydrogen-bond donors (Lipinski definition) is 4. The number of amides is 3. The van der Waals surface area contributed by atoms with Crippen molar-refractivity contribution in [1.29, 1.82) is 0 Å². The van der Waals surface area contributed by atoms with Gasteiger partial charge in [0.15, 0.2) is 0 Å². The molecular weight excluding hydrogens is 586 g/mol. The SMILES string of the molecule is COc1ccc(CC(=O)O[C@H]2C(=O)Nc3ccc(O)cc3[C@@H]2NC(=O)[C@H](Cc2ccccc2)NC(=O)Cc2ccc(C)cc2)cc1. The lowest BCUT2D eigenvalue weighted by Crippen LogP contribution is -2.54. The van der Waals surface area contributed by atoms with Crippen LogP contribution in [-0.2, 0) is 43.2 Å². The molecule has 236 valence electrons. The monoisotopic (exact) mass is 621 g/mol. The maximum absolute atomic E-state index is 14.0. The number of phenolic OH excluding ortho intramolecular Hbond substituents is 1. The normalized spacial score (nSPS) is 15.9. The summed E-state index contributed by atoms with van der Waals surface area (Å²) in [5.74, 6) is -1.77. The first-order valence-corrected chi connectivity index (χ1v) is 14.8. The lowest BCUT2D eigenvalue weighted by atomic mass is 9.93. The van der Waals surface area contributed by atoms with Crippen molar-refractivity contribution in [3.63, 3.8) is 0 Å². The van der Waals surface area contributed by atoms with Crippen LogP contribution < -0.4 is 20.7 Å². The molecule has 0 aliphatic carbocycles. The molecule has 1 aliphatic rings. The molecule has 0 spiro atoms. The Morgan fingerprint density at radius 1 is 0.870 bits per heavy atom. The highest BCUT2D eigenvalue weighted by Gasteiger charge is 2.41. The van der Waals surface area contributed by atoms with Crippen LogP contribution in [0.15, 0.2) is 97.1 Å². The number of nitrogens with one attached hydrogen (secondary N) is 3. The minimum Gasteiger partial charge on any atom is -0.508 e. The predicted octanol–water partition coefficient (Wildman–Crippen LogP) is 3.94. The van der Waals surface area contributed by atoms with Crippen molar-refractivity contribution >= 4 is 29.4 Å². The first-order valence-electron chi connectivity index (χ1n) is 14.8. The number of fused-ring (bicyclic) bond motifs is 1. The molecule has 3 amide bonds. The number of rotatable bonds is 11. The number of carbonyl (C=O) groups excluding carboxylic acids is 4. The van der Waals surface area contributed by atoms with Gasteiger partial charge in [-0.15, -0.1) is 0 Å².